The molecule has 1 amide bonds. The van der Waals surface area contributed by atoms with Crippen molar-refractivity contribution in [2.45, 2.75) is 44.5 Å². The molecule has 3 heteroatoms. The first-order valence-corrected chi connectivity index (χ1v) is 6.38. The van der Waals surface area contributed by atoms with E-state index in [2.05, 4.69) is 5.32 Å². The first kappa shape index (κ1) is 14.0. The van der Waals surface area contributed by atoms with Crippen molar-refractivity contribution in [3.63, 3.8) is 0 Å². The fourth-order valence-corrected chi connectivity index (χ4v) is 1.65. The summed E-state index contributed by atoms with van der Waals surface area (Å²) in [5, 5.41) is 2.44. The van der Waals surface area contributed by atoms with Gasteiger partial charge in [0.1, 0.15) is 5.38 Å². The SMILES string of the molecule is CCC(C)(C)NC(=O)C(Cl)Cc1ccccc1. The Hall–Kier alpha value is -1.02. The van der Waals surface area contributed by atoms with Crippen LogP contribution in [-0.4, -0.2) is 16.8 Å². The lowest BCUT2D eigenvalue weighted by atomic mass is 10.0. The summed E-state index contributed by atoms with van der Waals surface area (Å²) >= 11 is 6.12. The topological polar surface area (TPSA) is 29.1 Å². The molecule has 1 atom stereocenters. The molecule has 2 nitrogen and oxygen atoms in total. The number of hydrogen-bond acceptors (Lipinski definition) is 1. The Balaban J connectivity index is 2.54. The van der Waals surface area contributed by atoms with E-state index in [-0.39, 0.29) is 11.4 Å². The molecule has 17 heavy (non-hydrogen) atoms. The van der Waals surface area contributed by atoms with E-state index in [1.807, 2.05) is 51.1 Å². The maximum atomic E-state index is 11.9. The normalized spacial score (nSPS) is 13.2. The van der Waals surface area contributed by atoms with Gasteiger partial charge in [0.05, 0.1) is 0 Å². The van der Waals surface area contributed by atoms with Crippen molar-refractivity contribution in [1.29, 1.82) is 0 Å². The van der Waals surface area contributed by atoms with Gasteiger partial charge in [-0.2, -0.15) is 0 Å². The zero-order chi connectivity index (χ0) is 12.9. The molecule has 0 aliphatic rings. The van der Waals surface area contributed by atoms with Crippen LogP contribution >= 0.6 is 11.6 Å². The number of nitrogens with one attached hydrogen (secondary N) is 1. The molecule has 1 aromatic rings. The van der Waals surface area contributed by atoms with Crippen LogP contribution in [0.25, 0.3) is 0 Å². The van der Waals surface area contributed by atoms with Crippen molar-refractivity contribution >= 4 is 17.5 Å². The molecule has 94 valence electrons. The minimum absolute atomic E-state index is 0.0950. The van der Waals surface area contributed by atoms with Gasteiger partial charge in [-0.1, -0.05) is 37.3 Å². The monoisotopic (exact) mass is 253 g/mol. The van der Waals surface area contributed by atoms with E-state index in [0.29, 0.717) is 6.42 Å². The summed E-state index contributed by atoms with van der Waals surface area (Å²) in [6.07, 6.45) is 1.45. The maximum Gasteiger partial charge on any atom is 0.238 e. The summed E-state index contributed by atoms with van der Waals surface area (Å²) in [5.41, 5.74) is 0.887. The van der Waals surface area contributed by atoms with Crippen LogP contribution in [0.4, 0.5) is 0 Å². The Bertz CT molecular complexity index is 362. The van der Waals surface area contributed by atoms with Gasteiger partial charge in [0.15, 0.2) is 0 Å². The number of carbonyl (C=O) groups is 1. The summed E-state index contributed by atoms with van der Waals surface area (Å²) in [6.45, 7) is 6.04. The highest BCUT2D eigenvalue weighted by molar-refractivity contribution is 6.30. The zero-order valence-electron chi connectivity index (χ0n) is 10.7. The van der Waals surface area contributed by atoms with E-state index < -0.39 is 5.38 Å². The van der Waals surface area contributed by atoms with Crippen LogP contribution in [0.1, 0.15) is 32.8 Å². The second kappa shape index (κ2) is 6.06. The number of carbonyl (C=O) groups excluding carboxylic acids is 1. The van der Waals surface area contributed by atoms with Crippen molar-refractivity contribution in [2.24, 2.45) is 0 Å². The number of alkyl halides is 1. The molecule has 1 rings (SSSR count). The van der Waals surface area contributed by atoms with Crippen LogP contribution in [0, 0.1) is 0 Å². The minimum atomic E-state index is -0.511. The average molecular weight is 254 g/mol. The quantitative estimate of drug-likeness (QED) is 0.803. The Morgan fingerprint density at radius 1 is 1.35 bits per heavy atom. The van der Waals surface area contributed by atoms with Crippen LogP contribution in [0.15, 0.2) is 30.3 Å². The molecule has 0 aliphatic carbocycles. The smallest absolute Gasteiger partial charge is 0.238 e. The Morgan fingerprint density at radius 2 is 1.94 bits per heavy atom. The molecule has 1 N–H and O–H groups in total. The number of hydrogen-bond donors (Lipinski definition) is 1. The highest BCUT2D eigenvalue weighted by Gasteiger charge is 2.23. The third-order valence-electron chi connectivity index (χ3n) is 2.89. The van der Waals surface area contributed by atoms with E-state index in [0.717, 1.165) is 12.0 Å². The molecule has 0 radical (unpaired) electrons. The summed E-state index contributed by atoms with van der Waals surface area (Å²) in [6, 6.07) is 9.81. The number of halogens is 1. The van der Waals surface area contributed by atoms with Crippen molar-refractivity contribution in [1.82, 2.24) is 5.32 Å². The van der Waals surface area contributed by atoms with Crippen LogP contribution in [-0.2, 0) is 11.2 Å². The van der Waals surface area contributed by atoms with Crippen molar-refractivity contribution in [3.8, 4) is 0 Å². The van der Waals surface area contributed by atoms with Crippen molar-refractivity contribution in [2.75, 3.05) is 0 Å². The average Bonchev–Trinajstić information content (AvgIpc) is 2.30. The Morgan fingerprint density at radius 3 is 2.47 bits per heavy atom. The summed E-state index contributed by atoms with van der Waals surface area (Å²) in [7, 11) is 0. The highest BCUT2D eigenvalue weighted by atomic mass is 35.5. The third kappa shape index (κ3) is 4.78. The number of benzene rings is 1. The van der Waals surface area contributed by atoms with E-state index in [1.54, 1.807) is 0 Å². The summed E-state index contributed by atoms with van der Waals surface area (Å²) < 4.78 is 0. The van der Waals surface area contributed by atoms with Gasteiger partial charge in [-0.05, 0) is 32.3 Å². The number of rotatable bonds is 5. The molecular weight excluding hydrogens is 234 g/mol. The molecular formula is C14H20ClNO. The molecule has 0 heterocycles. The van der Waals surface area contributed by atoms with E-state index >= 15 is 0 Å². The molecule has 0 fully saturated rings. The standard InChI is InChI=1S/C14H20ClNO/c1-4-14(2,3)16-13(17)12(15)10-11-8-6-5-7-9-11/h5-9,12H,4,10H2,1-3H3,(H,16,17). The fraction of sp³-hybridized carbons (Fsp3) is 0.500. The van der Waals surface area contributed by atoms with Crippen LogP contribution in [0.5, 0.6) is 0 Å². The second-order valence-corrected chi connectivity index (χ2v) is 5.41. The Labute approximate surface area is 108 Å². The van der Waals surface area contributed by atoms with Gasteiger partial charge in [0, 0.05) is 5.54 Å². The minimum Gasteiger partial charge on any atom is -0.350 e. The van der Waals surface area contributed by atoms with E-state index in [4.69, 9.17) is 11.6 Å². The van der Waals surface area contributed by atoms with Gasteiger partial charge in [0.2, 0.25) is 5.91 Å². The lowest BCUT2D eigenvalue weighted by Crippen LogP contribution is -2.46. The van der Waals surface area contributed by atoms with Gasteiger partial charge < -0.3 is 5.32 Å². The third-order valence-corrected chi connectivity index (χ3v) is 3.24. The molecule has 0 spiro atoms. The summed E-state index contributed by atoms with van der Waals surface area (Å²) in [5.74, 6) is -0.0950. The van der Waals surface area contributed by atoms with Gasteiger partial charge in [0.25, 0.3) is 0 Å². The van der Waals surface area contributed by atoms with Gasteiger partial charge in [-0.15, -0.1) is 11.6 Å². The lowest BCUT2D eigenvalue weighted by molar-refractivity contribution is -0.122. The second-order valence-electron chi connectivity index (χ2n) is 4.88. The molecule has 1 unspecified atom stereocenters. The molecule has 0 aromatic heterocycles. The van der Waals surface area contributed by atoms with Gasteiger partial charge in [-0.3, -0.25) is 4.79 Å². The van der Waals surface area contributed by atoms with Crippen LogP contribution < -0.4 is 5.32 Å². The predicted molar refractivity (Wildman–Crippen MR) is 72.3 cm³/mol. The molecule has 0 saturated carbocycles. The highest BCUT2D eigenvalue weighted by Crippen LogP contribution is 2.12. The molecule has 0 bridgehead atoms. The molecule has 0 saturated heterocycles. The predicted octanol–water partition coefficient (Wildman–Crippen LogP) is 3.14. The first-order valence-electron chi connectivity index (χ1n) is 5.94. The van der Waals surface area contributed by atoms with Crippen LogP contribution in [0.2, 0.25) is 0 Å². The summed E-state index contributed by atoms with van der Waals surface area (Å²) in [4.78, 5) is 11.9. The molecule has 1 aromatic carbocycles. The Kier molecular flexibility index (Phi) is 5.01. The van der Waals surface area contributed by atoms with Crippen molar-refractivity contribution in [3.05, 3.63) is 35.9 Å². The van der Waals surface area contributed by atoms with E-state index in [9.17, 15) is 4.79 Å². The van der Waals surface area contributed by atoms with Crippen LogP contribution in [0.3, 0.4) is 0 Å². The van der Waals surface area contributed by atoms with Gasteiger partial charge in [-0.25, -0.2) is 0 Å². The first-order chi connectivity index (χ1) is 7.94. The van der Waals surface area contributed by atoms with Crippen molar-refractivity contribution < 1.29 is 4.79 Å². The van der Waals surface area contributed by atoms with Gasteiger partial charge >= 0.3 is 0 Å². The zero-order valence-corrected chi connectivity index (χ0v) is 11.4. The lowest BCUT2D eigenvalue weighted by Gasteiger charge is -2.25. The van der Waals surface area contributed by atoms with E-state index in [1.165, 1.54) is 0 Å². The molecule has 0 aliphatic heterocycles. The maximum absolute atomic E-state index is 11.9. The largest absolute Gasteiger partial charge is 0.350 e. The fourth-order valence-electron chi connectivity index (χ4n) is 1.41. The number of amides is 1.